The van der Waals surface area contributed by atoms with Gasteiger partial charge in [-0.15, -0.1) is 10.2 Å². The molecular weight excluding hydrogens is 411 g/mol. The standard InChI is InChI=1S/C16H21FN4O3S3/c1-10(2)9-25-16-20-19-15(26-16)18-14(22)11(3)21(27(4,23)24)13-7-5-6-12(17)8-13/h5-8,10-11H,9H2,1-4H3,(H,18,19,22)/t11-/m1/s1. The first-order valence-electron chi connectivity index (χ1n) is 8.10. The first kappa shape index (κ1) is 21.6. The Morgan fingerprint density at radius 2 is 2.04 bits per heavy atom. The van der Waals surface area contributed by atoms with Gasteiger partial charge in [0.25, 0.3) is 0 Å². The first-order chi connectivity index (χ1) is 12.6. The lowest BCUT2D eigenvalue weighted by Gasteiger charge is -2.27. The fourth-order valence-electron chi connectivity index (χ4n) is 2.19. The van der Waals surface area contributed by atoms with E-state index in [1.165, 1.54) is 48.2 Å². The molecule has 1 heterocycles. The Hall–Kier alpha value is -1.72. The van der Waals surface area contributed by atoms with Gasteiger partial charge in [-0.1, -0.05) is 43.0 Å². The van der Waals surface area contributed by atoms with E-state index in [-0.39, 0.29) is 10.8 Å². The van der Waals surface area contributed by atoms with Crippen LogP contribution in [0.4, 0.5) is 15.2 Å². The number of aromatic nitrogens is 2. The smallest absolute Gasteiger partial charge is 0.249 e. The minimum Gasteiger partial charge on any atom is -0.299 e. The van der Waals surface area contributed by atoms with Crippen LogP contribution in [0.2, 0.25) is 0 Å². The average Bonchev–Trinajstić information content (AvgIpc) is 2.99. The summed E-state index contributed by atoms with van der Waals surface area (Å²) in [6, 6.07) is 3.98. The Kier molecular flexibility index (Phi) is 7.18. The third-order valence-corrected chi connectivity index (χ3v) is 6.97. The van der Waals surface area contributed by atoms with Gasteiger partial charge in [0, 0.05) is 5.75 Å². The number of halogens is 1. The summed E-state index contributed by atoms with van der Waals surface area (Å²) < 4.78 is 39.5. The summed E-state index contributed by atoms with van der Waals surface area (Å²) in [6.45, 7) is 5.60. The number of benzene rings is 1. The second-order valence-electron chi connectivity index (χ2n) is 6.28. The van der Waals surface area contributed by atoms with Crippen molar-refractivity contribution >= 4 is 49.8 Å². The molecule has 11 heteroatoms. The molecule has 1 aromatic carbocycles. The SMILES string of the molecule is CC(C)CSc1nnc(NC(=O)[C@@H](C)N(c2cccc(F)c2)S(C)(=O)=O)s1. The highest BCUT2D eigenvalue weighted by Crippen LogP contribution is 2.28. The van der Waals surface area contributed by atoms with Crippen LogP contribution >= 0.6 is 23.1 Å². The molecule has 27 heavy (non-hydrogen) atoms. The highest BCUT2D eigenvalue weighted by Gasteiger charge is 2.30. The summed E-state index contributed by atoms with van der Waals surface area (Å²) in [7, 11) is -3.82. The number of thioether (sulfide) groups is 1. The topological polar surface area (TPSA) is 92.3 Å². The van der Waals surface area contributed by atoms with Crippen molar-refractivity contribution in [1.29, 1.82) is 0 Å². The Balaban J connectivity index is 2.16. The van der Waals surface area contributed by atoms with Crippen LogP contribution in [0.1, 0.15) is 20.8 Å². The molecule has 0 aliphatic rings. The van der Waals surface area contributed by atoms with Crippen LogP contribution in [-0.4, -0.2) is 42.6 Å². The Bertz CT molecular complexity index is 902. The maximum Gasteiger partial charge on any atom is 0.249 e. The molecule has 0 bridgehead atoms. The van der Waals surface area contributed by atoms with E-state index in [1.807, 2.05) is 0 Å². The zero-order valence-corrected chi connectivity index (χ0v) is 17.8. The van der Waals surface area contributed by atoms with Crippen molar-refractivity contribution < 1.29 is 17.6 Å². The molecule has 2 rings (SSSR count). The van der Waals surface area contributed by atoms with Crippen LogP contribution < -0.4 is 9.62 Å². The molecule has 1 atom stereocenters. The van der Waals surface area contributed by atoms with E-state index in [1.54, 1.807) is 0 Å². The average molecular weight is 433 g/mol. The molecule has 2 aromatic rings. The van der Waals surface area contributed by atoms with Gasteiger partial charge in [-0.3, -0.25) is 14.4 Å². The van der Waals surface area contributed by atoms with Gasteiger partial charge in [0.2, 0.25) is 21.1 Å². The van der Waals surface area contributed by atoms with E-state index in [2.05, 4.69) is 29.4 Å². The predicted octanol–water partition coefficient (Wildman–Crippen LogP) is 3.22. The lowest BCUT2D eigenvalue weighted by atomic mass is 10.2. The molecule has 0 aliphatic carbocycles. The normalized spacial score (nSPS) is 12.8. The molecular formula is C16H21FN4O3S3. The summed E-state index contributed by atoms with van der Waals surface area (Å²) in [5, 5.41) is 10.8. The molecule has 1 aromatic heterocycles. The second-order valence-corrected chi connectivity index (χ2v) is 10.4. The number of hydrogen-bond acceptors (Lipinski definition) is 7. The van der Waals surface area contributed by atoms with E-state index in [9.17, 15) is 17.6 Å². The van der Waals surface area contributed by atoms with Gasteiger partial charge in [-0.25, -0.2) is 12.8 Å². The summed E-state index contributed by atoms with van der Waals surface area (Å²) in [5.74, 6) is 0.193. The van der Waals surface area contributed by atoms with Gasteiger partial charge in [-0.2, -0.15) is 0 Å². The van der Waals surface area contributed by atoms with Crippen molar-refractivity contribution in [1.82, 2.24) is 10.2 Å². The monoisotopic (exact) mass is 432 g/mol. The summed E-state index contributed by atoms with van der Waals surface area (Å²) >= 11 is 2.76. The molecule has 0 saturated carbocycles. The van der Waals surface area contributed by atoms with Crippen LogP contribution in [0.3, 0.4) is 0 Å². The molecule has 0 aliphatic heterocycles. The molecule has 7 nitrogen and oxygen atoms in total. The number of anilines is 2. The third kappa shape index (κ3) is 6.15. The van der Waals surface area contributed by atoms with Gasteiger partial charge >= 0.3 is 0 Å². The highest BCUT2D eigenvalue weighted by molar-refractivity contribution is 8.01. The Morgan fingerprint density at radius 3 is 2.63 bits per heavy atom. The Labute approximate surface area is 166 Å². The molecule has 0 radical (unpaired) electrons. The number of nitrogens with one attached hydrogen (secondary N) is 1. The minimum atomic E-state index is -3.82. The first-order valence-corrected chi connectivity index (χ1v) is 11.7. The lowest BCUT2D eigenvalue weighted by molar-refractivity contribution is -0.116. The van der Waals surface area contributed by atoms with Gasteiger partial charge in [0.05, 0.1) is 11.9 Å². The van der Waals surface area contributed by atoms with Crippen molar-refractivity contribution in [2.75, 3.05) is 21.6 Å². The predicted molar refractivity (Wildman–Crippen MR) is 107 cm³/mol. The molecule has 0 spiro atoms. The summed E-state index contributed by atoms with van der Waals surface area (Å²) in [5.41, 5.74) is 0.0746. The van der Waals surface area contributed by atoms with Crippen LogP contribution in [0.5, 0.6) is 0 Å². The van der Waals surface area contributed by atoms with E-state index < -0.39 is 27.8 Å². The zero-order chi connectivity index (χ0) is 20.2. The van der Waals surface area contributed by atoms with E-state index in [0.717, 1.165) is 26.7 Å². The molecule has 0 unspecified atom stereocenters. The van der Waals surface area contributed by atoms with Crippen molar-refractivity contribution in [2.45, 2.75) is 31.2 Å². The van der Waals surface area contributed by atoms with Gasteiger partial charge in [0.15, 0.2) is 4.34 Å². The number of nitrogens with zero attached hydrogens (tertiary/aromatic N) is 3. The zero-order valence-electron chi connectivity index (χ0n) is 15.3. The van der Waals surface area contributed by atoms with Crippen molar-refractivity contribution in [2.24, 2.45) is 5.92 Å². The van der Waals surface area contributed by atoms with Crippen LogP contribution in [0.15, 0.2) is 28.6 Å². The van der Waals surface area contributed by atoms with E-state index in [0.29, 0.717) is 5.92 Å². The Morgan fingerprint density at radius 1 is 1.33 bits per heavy atom. The van der Waals surface area contributed by atoms with Crippen molar-refractivity contribution in [3.05, 3.63) is 30.1 Å². The second kappa shape index (κ2) is 8.98. The molecule has 1 N–H and O–H groups in total. The lowest BCUT2D eigenvalue weighted by Crippen LogP contribution is -2.45. The van der Waals surface area contributed by atoms with Crippen molar-refractivity contribution in [3.8, 4) is 0 Å². The number of sulfonamides is 1. The maximum absolute atomic E-state index is 13.5. The fraction of sp³-hybridized carbons (Fsp3) is 0.438. The van der Waals surface area contributed by atoms with Gasteiger partial charge < -0.3 is 0 Å². The number of carbonyl (C=O) groups excluding carboxylic acids is 1. The van der Waals surface area contributed by atoms with E-state index in [4.69, 9.17) is 0 Å². The van der Waals surface area contributed by atoms with Crippen molar-refractivity contribution in [3.63, 3.8) is 0 Å². The minimum absolute atomic E-state index is 0.0746. The third-order valence-electron chi connectivity index (χ3n) is 3.33. The van der Waals surface area contributed by atoms with E-state index >= 15 is 0 Å². The molecule has 1 amide bonds. The molecule has 148 valence electrons. The van der Waals surface area contributed by atoms with Crippen LogP contribution in [0, 0.1) is 11.7 Å². The quantitative estimate of drug-likeness (QED) is 0.509. The fourth-order valence-corrected chi connectivity index (χ4v) is 5.09. The maximum atomic E-state index is 13.5. The summed E-state index contributed by atoms with van der Waals surface area (Å²) in [6.07, 6.45) is 0.966. The number of rotatable bonds is 8. The molecule has 0 saturated heterocycles. The largest absolute Gasteiger partial charge is 0.299 e. The molecule has 0 fully saturated rings. The van der Waals surface area contributed by atoms with Gasteiger partial charge in [0.1, 0.15) is 11.9 Å². The van der Waals surface area contributed by atoms with Crippen LogP contribution in [-0.2, 0) is 14.8 Å². The van der Waals surface area contributed by atoms with Crippen LogP contribution in [0.25, 0.3) is 0 Å². The number of hydrogen-bond donors (Lipinski definition) is 1. The summed E-state index contributed by atoms with van der Waals surface area (Å²) in [4.78, 5) is 12.6. The number of carbonyl (C=O) groups is 1. The highest BCUT2D eigenvalue weighted by atomic mass is 32.2. The van der Waals surface area contributed by atoms with Gasteiger partial charge in [-0.05, 0) is 31.0 Å². The number of amides is 1.